The van der Waals surface area contributed by atoms with Gasteiger partial charge in [0.2, 0.25) is 10.0 Å². The first-order valence-corrected chi connectivity index (χ1v) is 8.32. The second kappa shape index (κ2) is 6.34. The summed E-state index contributed by atoms with van der Waals surface area (Å²) in [5.41, 5.74) is 0. The highest BCUT2D eigenvalue weighted by molar-refractivity contribution is 7.89. The van der Waals surface area contributed by atoms with E-state index in [1.807, 2.05) is 0 Å². The number of rotatable bonds is 6. The fourth-order valence-electron chi connectivity index (χ4n) is 2.26. The van der Waals surface area contributed by atoms with E-state index in [9.17, 15) is 8.42 Å². The lowest BCUT2D eigenvalue weighted by Gasteiger charge is -2.13. The molecule has 0 aromatic carbocycles. The quantitative estimate of drug-likeness (QED) is 0.839. The fourth-order valence-corrected chi connectivity index (χ4v) is 3.58. The molecule has 0 atom stereocenters. The summed E-state index contributed by atoms with van der Waals surface area (Å²) in [5, 5.41) is 3.10. The largest absolute Gasteiger partial charge is 0.370 e. The van der Waals surface area contributed by atoms with Crippen molar-refractivity contribution in [1.29, 1.82) is 0 Å². The van der Waals surface area contributed by atoms with Crippen LogP contribution in [0.2, 0.25) is 0 Å². The molecule has 1 aliphatic rings. The molecule has 2 N–H and O–H groups in total. The smallest absolute Gasteiger partial charge is 0.241 e. The molecular weight excluding hydrogens is 262 g/mol. The first kappa shape index (κ1) is 14.3. The summed E-state index contributed by atoms with van der Waals surface area (Å²) in [6.45, 7) is 2.84. The number of sulfonamides is 1. The summed E-state index contributed by atoms with van der Waals surface area (Å²) < 4.78 is 27.3. The predicted octanol–water partition coefficient (Wildman–Crippen LogP) is 2.12. The van der Waals surface area contributed by atoms with Crippen LogP contribution in [0.1, 0.15) is 39.0 Å². The maximum absolute atomic E-state index is 12.2. The zero-order chi connectivity index (χ0) is 13.7. The standard InChI is InChI=1S/C13H21N3O2S/c1-2-8-14-13-10-12(7-9-15-13)19(17,18)16-11-5-3-4-6-11/h7,9-11,16H,2-6,8H2,1H3,(H,14,15). The molecule has 0 amide bonds. The fraction of sp³-hybridized carbons (Fsp3) is 0.615. The minimum atomic E-state index is -3.42. The highest BCUT2D eigenvalue weighted by Gasteiger charge is 2.23. The number of pyridine rings is 1. The molecule has 0 saturated heterocycles. The van der Waals surface area contributed by atoms with Gasteiger partial charge in [-0.1, -0.05) is 19.8 Å². The Kier molecular flexibility index (Phi) is 4.76. The molecule has 6 heteroatoms. The minimum absolute atomic E-state index is 0.0882. The van der Waals surface area contributed by atoms with Gasteiger partial charge in [0, 0.05) is 24.8 Å². The van der Waals surface area contributed by atoms with Gasteiger partial charge in [-0.3, -0.25) is 0 Å². The van der Waals surface area contributed by atoms with Crippen LogP contribution in [0.5, 0.6) is 0 Å². The molecule has 1 heterocycles. The first-order valence-electron chi connectivity index (χ1n) is 6.84. The van der Waals surface area contributed by atoms with E-state index in [1.165, 1.54) is 12.3 Å². The van der Waals surface area contributed by atoms with Crippen LogP contribution in [-0.4, -0.2) is 26.0 Å². The molecule has 0 bridgehead atoms. The maximum Gasteiger partial charge on any atom is 0.241 e. The SMILES string of the molecule is CCCNc1cc(S(=O)(=O)NC2CCCC2)ccn1. The van der Waals surface area contributed by atoms with Crippen molar-refractivity contribution in [1.82, 2.24) is 9.71 Å². The molecule has 2 rings (SSSR count). The summed E-state index contributed by atoms with van der Waals surface area (Å²) in [7, 11) is -3.42. The van der Waals surface area contributed by atoms with Crippen molar-refractivity contribution in [3.05, 3.63) is 18.3 Å². The molecule has 0 aliphatic heterocycles. The third-order valence-corrected chi connectivity index (χ3v) is 4.79. The van der Waals surface area contributed by atoms with E-state index in [1.54, 1.807) is 6.07 Å². The third-order valence-electron chi connectivity index (χ3n) is 3.27. The molecule has 106 valence electrons. The lowest BCUT2D eigenvalue weighted by atomic mass is 10.3. The lowest BCUT2D eigenvalue weighted by Crippen LogP contribution is -2.32. The van der Waals surface area contributed by atoms with Gasteiger partial charge >= 0.3 is 0 Å². The van der Waals surface area contributed by atoms with E-state index in [0.29, 0.717) is 5.82 Å². The maximum atomic E-state index is 12.2. The summed E-state index contributed by atoms with van der Waals surface area (Å²) in [6.07, 6.45) is 6.58. The van der Waals surface area contributed by atoms with Crippen LogP contribution in [-0.2, 0) is 10.0 Å². The Labute approximate surface area is 114 Å². The van der Waals surface area contributed by atoms with Crippen molar-refractivity contribution in [2.75, 3.05) is 11.9 Å². The number of nitrogens with zero attached hydrogens (tertiary/aromatic N) is 1. The summed E-state index contributed by atoms with van der Waals surface area (Å²) >= 11 is 0. The molecule has 0 unspecified atom stereocenters. The highest BCUT2D eigenvalue weighted by atomic mass is 32.2. The van der Waals surface area contributed by atoms with Crippen molar-refractivity contribution >= 4 is 15.8 Å². The Balaban J connectivity index is 2.10. The van der Waals surface area contributed by atoms with Gasteiger partial charge in [-0.25, -0.2) is 18.1 Å². The van der Waals surface area contributed by atoms with E-state index in [-0.39, 0.29) is 10.9 Å². The van der Waals surface area contributed by atoms with E-state index in [0.717, 1.165) is 38.6 Å². The number of hydrogen-bond acceptors (Lipinski definition) is 4. The second-order valence-corrected chi connectivity index (χ2v) is 6.62. The van der Waals surface area contributed by atoms with Crippen molar-refractivity contribution in [2.24, 2.45) is 0 Å². The molecule has 5 nitrogen and oxygen atoms in total. The summed E-state index contributed by atoms with van der Waals surface area (Å²) in [5.74, 6) is 0.608. The van der Waals surface area contributed by atoms with Crippen LogP contribution in [0.3, 0.4) is 0 Å². The van der Waals surface area contributed by atoms with Crippen LogP contribution in [0, 0.1) is 0 Å². The topological polar surface area (TPSA) is 71.1 Å². The normalized spacial score (nSPS) is 16.7. The van der Waals surface area contributed by atoms with Crippen molar-refractivity contribution in [3.63, 3.8) is 0 Å². The third kappa shape index (κ3) is 3.91. The zero-order valence-electron chi connectivity index (χ0n) is 11.2. The Hall–Kier alpha value is -1.14. The Morgan fingerprint density at radius 1 is 1.37 bits per heavy atom. The average Bonchev–Trinajstić information content (AvgIpc) is 2.89. The first-order chi connectivity index (χ1) is 9.12. The molecule has 0 spiro atoms. The van der Waals surface area contributed by atoms with Gasteiger partial charge in [-0.05, 0) is 25.3 Å². The highest BCUT2D eigenvalue weighted by Crippen LogP contribution is 2.21. The van der Waals surface area contributed by atoms with Crippen LogP contribution < -0.4 is 10.0 Å². The Morgan fingerprint density at radius 3 is 2.79 bits per heavy atom. The van der Waals surface area contributed by atoms with Gasteiger partial charge in [0.1, 0.15) is 5.82 Å². The number of aromatic nitrogens is 1. The molecule has 1 aliphatic carbocycles. The van der Waals surface area contributed by atoms with E-state index >= 15 is 0 Å². The van der Waals surface area contributed by atoms with Crippen LogP contribution >= 0.6 is 0 Å². The minimum Gasteiger partial charge on any atom is -0.370 e. The number of anilines is 1. The molecule has 1 saturated carbocycles. The average molecular weight is 283 g/mol. The van der Waals surface area contributed by atoms with Crippen molar-refractivity contribution in [2.45, 2.75) is 50.0 Å². The van der Waals surface area contributed by atoms with E-state index in [2.05, 4.69) is 21.9 Å². The van der Waals surface area contributed by atoms with Crippen LogP contribution in [0.25, 0.3) is 0 Å². The monoisotopic (exact) mass is 283 g/mol. The van der Waals surface area contributed by atoms with E-state index in [4.69, 9.17) is 0 Å². The summed E-state index contributed by atoms with van der Waals surface area (Å²) in [6, 6.07) is 3.21. The number of nitrogens with one attached hydrogen (secondary N) is 2. The lowest BCUT2D eigenvalue weighted by molar-refractivity contribution is 0.552. The zero-order valence-corrected chi connectivity index (χ0v) is 12.0. The van der Waals surface area contributed by atoms with Gasteiger partial charge in [-0.15, -0.1) is 0 Å². The Morgan fingerprint density at radius 2 is 2.11 bits per heavy atom. The van der Waals surface area contributed by atoms with Gasteiger partial charge in [-0.2, -0.15) is 0 Å². The molecule has 1 aromatic rings. The predicted molar refractivity (Wildman–Crippen MR) is 75.6 cm³/mol. The van der Waals surface area contributed by atoms with Crippen molar-refractivity contribution in [3.8, 4) is 0 Å². The van der Waals surface area contributed by atoms with Gasteiger partial charge in [0.05, 0.1) is 4.90 Å². The van der Waals surface area contributed by atoms with Gasteiger partial charge in [0.15, 0.2) is 0 Å². The molecule has 1 aromatic heterocycles. The Bertz CT molecular complexity index is 510. The second-order valence-electron chi connectivity index (χ2n) is 4.91. The van der Waals surface area contributed by atoms with Gasteiger partial charge < -0.3 is 5.32 Å². The van der Waals surface area contributed by atoms with Crippen LogP contribution in [0.15, 0.2) is 23.2 Å². The van der Waals surface area contributed by atoms with E-state index < -0.39 is 10.0 Å². The number of hydrogen-bond donors (Lipinski definition) is 2. The van der Waals surface area contributed by atoms with Crippen LogP contribution in [0.4, 0.5) is 5.82 Å². The van der Waals surface area contributed by atoms with Gasteiger partial charge in [0.25, 0.3) is 0 Å². The molecule has 0 radical (unpaired) electrons. The molecule has 1 fully saturated rings. The summed E-state index contributed by atoms with van der Waals surface area (Å²) in [4.78, 5) is 4.40. The molecule has 19 heavy (non-hydrogen) atoms. The van der Waals surface area contributed by atoms with Crippen molar-refractivity contribution < 1.29 is 8.42 Å². The molecular formula is C13H21N3O2S.